The Morgan fingerprint density at radius 2 is 1.91 bits per heavy atom. The van der Waals surface area contributed by atoms with E-state index in [0.717, 1.165) is 18.4 Å². The second kappa shape index (κ2) is 11.7. The number of nitrogens with zero attached hydrogens (tertiary/aromatic N) is 1. The maximum absolute atomic E-state index is 13.4. The SMILES string of the molecule is CCCCCC(=O)NC(CCc1ccccc1)P(=O)(O)CC(=O)[N+]1(C(=O)O)CCC[C@H]1C. The molecule has 0 bridgehead atoms. The monoisotopic (exact) mass is 467 g/mol. The van der Waals surface area contributed by atoms with Gasteiger partial charge in [0.05, 0.1) is 6.54 Å². The molecule has 1 fully saturated rings. The summed E-state index contributed by atoms with van der Waals surface area (Å²) in [6.45, 7) is 3.83. The summed E-state index contributed by atoms with van der Waals surface area (Å²) in [5.41, 5.74) is 0.950. The van der Waals surface area contributed by atoms with E-state index >= 15 is 0 Å². The number of unbranched alkanes of at least 4 members (excludes halogenated alkanes) is 2. The number of nitrogens with one attached hydrogen (secondary N) is 1. The van der Waals surface area contributed by atoms with Crippen LogP contribution in [0.4, 0.5) is 4.79 Å². The number of carbonyl (C=O) groups is 3. The van der Waals surface area contributed by atoms with Crippen molar-refractivity contribution < 1.29 is 33.4 Å². The van der Waals surface area contributed by atoms with Crippen molar-refractivity contribution in [2.75, 3.05) is 12.7 Å². The van der Waals surface area contributed by atoms with Crippen molar-refractivity contribution >= 4 is 25.3 Å². The highest BCUT2D eigenvalue weighted by molar-refractivity contribution is 7.59. The van der Waals surface area contributed by atoms with Gasteiger partial charge in [0.1, 0.15) is 18.0 Å². The van der Waals surface area contributed by atoms with Crippen molar-refractivity contribution in [2.45, 2.75) is 77.0 Å². The molecule has 1 aliphatic heterocycles. The van der Waals surface area contributed by atoms with Crippen molar-refractivity contribution in [1.82, 2.24) is 5.32 Å². The Labute approximate surface area is 190 Å². The van der Waals surface area contributed by atoms with Crippen molar-refractivity contribution in [3.63, 3.8) is 0 Å². The highest BCUT2D eigenvalue weighted by atomic mass is 31.2. The summed E-state index contributed by atoms with van der Waals surface area (Å²) < 4.78 is 12.5. The minimum absolute atomic E-state index is 0.118. The van der Waals surface area contributed by atoms with E-state index in [-0.39, 0.29) is 25.3 Å². The van der Waals surface area contributed by atoms with Crippen molar-refractivity contribution in [1.29, 1.82) is 0 Å². The molecule has 1 saturated heterocycles. The zero-order valence-corrected chi connectivity index (χ0v) is 19.9. The number of amides is 3. The van der Waals surface area contributed by atoms with E-state index in [1.165, 1.54) is 0 Å². The van der Waals surface area contributed by atoms with Gasteiger partial charge in [0.15, 0.2) is 0 Å². The number of rotatable bonds is 11. The van der Waals surface area contributed by atoms with Gasteiger partial charge in [-0.05, 0) is 31.7 Å². The number of carboxylic acid groups (broad SMARTS) is 1. The lowest BCUT2D eigenvalue weighted by Crippen LogP contribution is -2.59. The molecule has 3 amide bonds. The Bertz CT molecular complexity index is 846. The number of likely N-dealkylation sites (tertiary alicyclic amines) is 1. The molecule has 1 aromatic carbocycles. The van der Waals surface area contributed by atoms with Gasteiger partial charge in [-0.2, -0.15) is 9.28 Å². The van der Waals surface area contributed by atoms with Crippen LogP contribution in [0.1, 0.15) is 64.4 Å². The normalized spacial score (nSPS) is 23.3. The lowest BCUT2D eigenvalue weighted by atomic mass is 10.1. The Hall–Kier alpha value is -2.02. The molecule has 1 aromatic rings. The third-order valence-corrected chi connectivity index (χ3v) is 8.49. The maximum atomic E-state index is 13.4. The molecule has 1 heterocycles. The predicted octanol–water partition coefficient (Wildman–Crippen LogP) is 4.12. The number of aryl methyl sites for hydroxylation is 1. The molecule has 0 radical (unpaired) electrons. The first-order valence-corrected chi connectivity index (χ1v) is 13.3. The summed E-state index contributed by atoms with van der Waals surface area (Å²) in [5.74, 6) is -2.19. The number of carbonyl (C=O) groups excluding carboxylic acids is 2. The zero-order chi connectivity index (χ0) is 23.8. The van der Waals surface area contributed by atoms with Gasteiger partial charge < -0.3 is 15.3 Å². The summed E-state index contributed by atoms with van der Waals surface area (Å²) in [7, 11) is -4.21. The fourth-order valence-electron chi connectivity index (χ4n) is 4.38. The molecule has 9 heteroatoms. The summed E-state index contributed by atoms with van der Waals surface area (Å²) in [5, 5.41) is 12.4. The fourth-order valence-corrected chi connectivity index (χ4v) is 6.12. The molecule has 0 saturated carbocycles. The van der Waals surface area contributed by atoms with Crippen LogP contribution < -0.4 is 5.32 Å². The Kier molecular flexibility index (Phi) is 9.62. The van der Waals surface area contributed by atoms with Gasteiger partial charge in [0, 0.05) is 19.3 Å². The van der Waals surface area contributed by atoms with Crippen molar-refractivity contribution in [3.05, 3.63) is 35.9 Å². The molecular weight excluding hydrogens is 431 g/mol. The van der Waals surface area contributed by atoms with Crippen LogP contribution in [0.15, 0.2) is 30.3 Å². The Morgan fingerprint density at radius 1 is 1.22 bits per heavy atom. The molecule has 1 aliphatic rings. The van der Waals surface area contributed by atoms with Crippen LogP contribution in [0, 0.1) is 0 Å². The van der Waals surface area contributed by atoms with E-state index in [1.54, 1.807) is 6.92 Å². The van der Waals surface area contributed by atoms with Crippen molar-refractivity contribution in [2.24, 2.45) is 0 Å². The molecule has 0 spiro atoms. The third kappa shape index (κ3) is 6.50. The largest absolute Gasteiger partial charge is 0.521 e. The minimum atomic E-state index is -4.21. The van der Waals surface area contributed by atoms with Crippen molar-refractivity contribution in [3.8, 4) is 0 Å². The van der Waals surface area contributed by atoms with E-state index in [4.69, 9.17) is 0 Å². The molecular formula is C23H36N2O6P+. The predicted molar refractivity (Wildman–Crippen MR) is 122 cm³/mol. The number of hydrogen-bond acceptors (Lipinski definition) is 4. The molecule has 32 heavy (non-hydrogen) atoms. The van der Waals surface area contributed by atoms with E-state index in [9.17, 15) is 28.9 Å². The number of imide groups is 1. The van der Waals surface area contributed by atoms with E-state index in [0.29, 0.717) is 25.7 Å². The summed E-state index contributed by atoms with van der Waals surface area (Å²) in [6.07, 6.45) is 2.48. The van der Waals surface area contributed by atoms with Gasteiger partial charge in [0.25, 0.3) is 0 Å². The van der Waals surface area contributed by atoms with E-state index < -0.39 is 41.8 Å². The first kappa shape index (κ1) is 26.2. The first-order valence-electron chi connectivity index (χ1n) is 11.4. The standard InChI is InChI=1S/C23H35N2O6P/c1-3-4-6-13-20(26)24-21(15-14-19-11-7-5-8-12-19)32(30,31)17-22(27)25(23(28)29)16-9-10-18(25)2/h5,7-8,11-12,18,21H,3-4,6,9-10,13-17H2,1-2H3,(H2-,24,26,28,29,30,31)/p+1/t18-,21?,25?/m1/s1. The highest BCUT2D eigenvalue weighted by Gasteiger charge is 2.54. The molecule has 4 atom stereocenters. The molecule has 0 aliphatic carbocycles. The second-order valence-corrected chi connectivity index (χ2v) is 11.2. The average Bonchev–Trinajstić information content (AvgIpc) is 3.14. The third-order valence-electron chi connectivity index (χ3n) is 6.40. The summed E-state index contributed by atoms with van der Waals surface area (Å²) in [4.78, 5) is 48.4. The molecule has 0 aromatic heterocycles. The summed E-state index contributed by atoms with van der Waals surface area (Å²) in [6, 6.07) is 8.94. The van der Waals surface area contributed by atoms with Crippen LogP contribution in [-0.2, 0) is 20.6 Å². The molecule has 8 nitrogen and oxygen atoms in total. The Morgan fingerprint density at radius 3 is 2.47 bits per heavy atom. The fraction of sp³-hybridized carbons (Fsp3) is 0.609. The molecule has 2 rings (SSSR count). The quantitative estimate of drug-likeness (QED) is 0.256. The van der Waals surface area contributed by atoms with Crippen LogP contribution in [-0.4, -0.2) is 56.9 Å². The smallest absolute Gasteiger partial charge is 0.435 e. The summed E-state index contributed by atoms with van der Waals surface area (Å²) >= 11 is 0. The average molecular weight is 468 g/mol. The van der Waals surface area contributed by atoms with Gasteiger partial charge in [-0.25, -0.2) is 4.79 Å². The number of hydrogen-bond donors (Lipinski definition) is 3. The molecule has 3 unspecified atom stereocenters. The first-order chi connectivity index (χ1) is 15.1. The van der Waals surface area contributed by atoms with E-state index in [2.05, 4.69) is 5.32 Å². The number of benzene rings is 1. The topological polar surface area (TPSA) is 121 Å². The second-order valence-electron chi connectivity index (χ2n) is 8.74. The van der Waals surface area contributed by atoms with Gasteiger partial charge in [-0.3, -0.25) is 9.36 Å². The van der Waals surface area contributed by atoms with Gasteiger partial charge in [-0.15, -0.1) is 0 Å². The van der Waals surface area contributed by atoms with Crippen LogP contribution in [0.2, 0.25) is 0 Å². The Balaban J connectivity index is 2.18. The van der Waals surface area contributed by atoms with Gasteiger partial charge in [0.2, 0.25) is 13.3 Å². The van der Waals surface area contributed by atoms with Crippen LogP contribution in [0.5, 0.6) is 0 Å². The highest BCUT2D eigenvalue weighted by Crippen LogP contribution is 2.48. The minimum Gasteiger partial charge on any atom is -0.435 e. The lowest BCUT2D eigenvalue weighted by molar-refractivity contribution is -0.791. The zero-order valence-electron chi connectivity index (χ0n) is 19.0. The maximum Gasteiger partial charge on any atom is 0.521 e. The molecule has 3 N–H and O–H groups in total. The van der Waals surface area contributed by atoms with Gasteiger partial charge in [-0.1, -0.05) is 50.1 Å². The van der Waals surface area contributed by atoms with E-state index in [1.807, 2.05) is 37.3 Å². The van der Waals surface area contributed by atoms with Crippen LogP contribution in [0.3, 0.4) is 0 Å². The molecule has 178 valence electrons. The lowest BCUT2D eigenvalue weighted by Gasteiger charge is -2.31. The number of quaternary nitrogens is 1. The van der Waals surface area contributed by atoms with Crippen LogP contribution in [0.25, 0.3) is 0 Å². The van der Waals surface area contributed by atoms with Crippen LogP contribution >= 0.6 is 7.37 Å². The van der Waals surface area contributed by atoms with Gasteiger partial charge >= 0.3 is 12.0 Å².